The number of halogens is 3. The van der Waals surface area contributed by atoms with Gasteiger partial charge in [-0.05, 0) is 0 Å². The van der Waals surface area contributed by atoms with Gasteiger partial charge in [-0.2, -0.15) is 0 Å². The first-order chi connectivity index (χ1) is 5.08. The first-order valence-electron chi connectivity index (χ1n) is 2.83. The third-order valence-electron chi connectivity index (χ3n) is 1.01. The Balaban J connectivity index is 3.11. The summed E-state index contributed by atoms with van der Waals surface area (Å²) in [4.78, 5) is 0. The molecule has 0 amide bonds. The topological polar surface area (TPSA) is 0 Å². The van der Waals surface area contributed by atoms with Crippen molar-refractivity contribution in [3.8, 4) is 4.20 Å². The van der Waals surface area contributed by atoms with E-state index in [2.05, 4.69) is 44.1 Å². The average Bonchev–Trinajstić information content (AvgIpc) is 1.85. The Hall–Kier alpha value is 1.13. The summed E-state index contributed by atoms with van der Waals surface area (Å²) in [5.41, 5.74) is 1.12. The van der Waals surface area contributed by atoms with Crippen LogP contribution in [0.15, 0.2) is 30.3 Å². The summed E-state index contributed by atoms with van der Waals surface area (Å²) in [6.45, 7) is 0. The van der Waals surface area contributed by atoms with Crippen molar-refractivity contribution >= 4 is 39.9 Å². The summed E-state index contributed by atoms with van der Waals surface area (Å²) in [6.07, 6.45) is 0. The van der Waals surface area contributed by atoms with Crippen molar-refractivity contribution < 1.29 is 9.23 Å². The summed E-state index contributed by atoms with van der Waals surface area (Å²) in [5.74, 6) is 0. The van der Waals surface area contributed by atoms with Crippen LogP contribution in [0.3, 0.4) is 0 Å². The first kappa shape index (κ1) is 10.2. The van der Waals surface area contributed by atoms with Crippen LogP contribution < -0.4 is 0 Å². The molecule has 0 saturated heterocycles. The van der Waals surface area contributed by atoms with E-state index < -0.39 is 9.23 Å². The molecule has 1 aromatic rings. The molecule has 0 spiro atoms. The molecule has 0 radical (unpaired) electrons. The minimum atomic E-state index is -2.19. The van der Waals surface area contributed by atoms with Gasteiger partial charge in [-0.1, -0.05) is 0 Å². The summed E-state index contributed by atoms with van der Waals surface area (Å²) in [5, 5.41) is 0. The Morgan fingerprint density at radius 3 is 2.00 bits per heavy atom. The van der Waals surface area contributed by atoms with Crippen LogP contribution in [0.4, 0.5) is 0 Å². The zero-order chi connectivity index (χ0) is 8.32. The molecule has 0 aliphatic rings. The summed E-state index contributed by atoms with van der Waals surface area (Å²) < 4.78 is 3.32. The van der Waals surface area contributed by atoms with Gasteiger partial charge in [0.25, 0.3) is 0 Å². The quantitative estimate of drug-likeness (QED) is 0.551. The normalized spacial score (nSPS) is 10.8. The van der Waals surface area contributed by atoms with Gasteiger partial charge in [0.15, 0.2) is 0 Å². The van der Waals surface area contributed by atoms with E-state index in [1.54, 1.807) is 0 Å². The zero-order valence-corrected chi connectivity index (χ0v) is 12.2. The van der Waals surface area contributed by atoms with E-state index in [1.807, 2.05) is 30.3 Å². The minimum absolute atomic E-state index is 1.12. The van der Waals surface area contributed by atoms with Gasteiger partial charge in [-0.25, -0.2) is 0 Å². The van der Waals surface area contributed by atoms with Crippen molar-refractivity contribution in [3.63, 3.8) is 0 Å². The molecule has 0 unspecified atom stereocenters. The number of hydrogen-bond donors (Lipinski definition) is 0. The predicted molar refractivity (Wildman–Crippen MR) is 56.2 cm³/mol. The maximum absolute atomic E-state index is 3.53. The van der Waals surface area contributed by atoms with Crippen LogP contribution >= 0.6 is 39.9 Å². The maximum atomic E-state index is 3.53. The van der Waals surface area contributed by atoms with Crippen LogP contribution in [-0.4, -0.2) is 0 Å². The van der Waals surface area contributed by atoms with Gasteiger partial charge in [0, 0.05) is 0 Å². The van der Waals surface area contributed by atoms with Gasteiger partial charge in [0.2, 0.25) is 0 Å². The van der Waals surface area contributed by atoms with Crippen LogP contribution in [0.5, 0.6) is 0 Å². The molecule has 0 N–H and O–H groups in total. The Labute approximate surface area is 88.1 Å². The Morgan fingerprint density at radius 1 is 1.00 bits per heavy atom. The molecule has 0 heterocycles. The molecule has 0 aromatic heterocycles. The fourth-order valence-corrected chi connectivity index (χ4v) is 4.95. The summed E-state index contributed by atoms with van der Waals surface area (Å²) in [7, 11) is -2.19. The van der Waals surface area contributed by atoms with E-state index in [-0.39, 0.29) is 0 Å². The van der Waals surface area contributed by atoms with Crippen molar-refractivity contribution in [1.82, 2.24) is 0 Å². The van der Waals surface area contributed by atoms with E-state index in [9.17, 15) is 0 Å². The van der Waals surface area contributed by atoms with Crippen LogP contribution in [0.25, 0.3) is 0 Å². The van der Waals surface area contributed by atoms with Gasteiger partial charge in [-0.15, -0.1) is 0 Å². The molecule has 1 rings (SSSR count). The van der Waals surface area contributed by atoms with Crippen LogP contribution in [0.1, 0.15) is 5.56 Å². The van der Waals surface area contributed by atoms with Crippen molar-refractivity contribution in [1.29, 1.82) is 0 Å². The number of benzene rings is 1. The van der Waals surface area contributed by atoms with Crippen molar-refractivity contribution in [3.05, 3.63) is 35.9 Å². The standard InChI is InChI=1S/C7H5.3BrH.Mo/c1-7-5-3-2-4-6-7;;;;/h2-6H;3*1H;/q;;;;+3/p-3. The second-order valence-electron chi connectivity index (χ2n) is 1.87. The molecule has 11 heavy (non-hydrogen) atoms. The number of hydrogen-bond acceptors (Lipinski definition) is 0. The second-order valence-corrected chi connectivity index (χ2v) is 37.0. The third kappa shape index (κ3) is 4.65. The fourth-order valence-electron chi connectivity index (χ4n) is 0.640. The van der Waals surface area contributed by atoms with E-state index in [4.69, 9.17) is 0 Å². The van der Waals surface area contributed by atoms with Gasteiger partial charge in [0.1, 0.15) is 0 Å². The second kappa shape index (κ2) is 4.39. The van der Waals surface area contributed by atoms with E-state index >= 15 is 0 Å². The Morgan fingerprint density at radius 2 is 1.55 bits per heavy atom. The number of rotatable bonds is 0. The van der Waals surface area contributed by atoms with Gasteiger partial charge in [-0.3, -0.25) is 0 Å². The molecule has 0 fully saturated rings. The SMILES string of the molecule is [Br][Mo]([Br])([Br])#[C]c1ccccc1. The van der Waals surface area contributed by atoms with Gasteiger partial charge in [0.05, 0.1) is 0 Å². The molecule has 4 heteroatoms. The van der Waals surface area contributed by atoms with Crippen molar-refractivity contribution in [2.75, 3.05) is 0 Å². The van der Waals surface area contributed by atoms with Crippen LogP contribution in [-0.2, 0) is 9.23 Å². The summed E-state index contributed by atoms with van der Waals surface area (Å²) >= 11 is 10.6. The van der Waals surface area contributed by atoms with Gasteiger partial charge < -0.3 is 0 Å². The molecule has 0 bridgehead atoms. The Bertz CT molecular complexity index is 324. The average molecular weight is 425 g/mol. The fraction of sp³-hybridized carbons (Fsp3) is 0. The third-order valence-corrected chi connectivity index (χ3v) is 5.03. The molecule has 0 nitrogen and oxygen atoms in total. The molecule has 0 atom stereocenters. The molecular weight excluding hydrogens is 420 g/mol. The van der Waals surface area contributed by atoms with Crippen LogP contribution in [0, 0.1) is 4.20 Å². The molecule has 60 valence electrons. The molecule has 0 aliphatic heterocycles. The Kier molecular flexibility index (Phi) is 4.07. The van der Waals surface area contributed by atoms with E-state index in [1.165, 1.54) is 0 Å². The van der Waals surface area contributed by atoms with Crippen molar-refractivity contribution in [2.45, 2.75) is 0 Å². The molecule has 0 aliphatic carbocycles. The van der Waals surface area contributed by atoms with Crippen molar-refractivity contribution in [2.24, 2.45) is 0 Å². The predicted octanol–water partition coefficient (Wildman–Crippen LogP) is 4.08. The molecular formula is C7H5Br3Mo. The zero-order valence-electron chi connectivity index (χ0n) is 5.43. The molecule has 1 aromatic carbocycles. The first-order valence-corrected chi connectivity index (χ1v) is 17.6. The van der Waals surface area contributed by atoms with E-state index in [0.29, 0.717) is 0 Å². The van der Waals surface area contributed by atoms with Gasteiger partial charge >= 0.3 is 89.2 Å². The monoisotopic (exact) mass is 424 g/mol. The van der Waals surface area contributed by atoms with E-state index in [0.717, 1.165) is 5.56 Å². The van der Waals surface area contributed by atoms with Crippen LogP contribution in [0.2, 0.25) is 0 Å². The summed E-state index contributed by atoms with van der Waals surface area (Å²) in [6, 6.07) is 10.1. The molecule has 0 saturated carbocycles.